The van der Waals surface area contributed by atoms with Gasteiger partial charge in [-0.3, -0.25) is 0 Å². The molecule has 0 saturated heterocycles. The molecule has 0 unspecified atom stereocenters. The summed E-state index contributed by atoms with van der Waals surface area (Å²) >= 11 is 0. The smallest absolute Gasteiger partial charge is 0.156 e. The molecule has 27 heavy (non-hydrogen) atoms. The topological polar surface area (TPSA) is 33.3 Å². The Hall–Kier alpha value is -2.10. The van der Waals surface area contributed by atoms with Gasteiger partial charge in [-0.2, -0.15) is 0 Å². The molecule has 144 valence electrons. The zero-order chi connectivity index (χ0) is 18.7. The van der Waals surface area contributed by atoms with Crippen LogP contribution < -0.4 is 15.9 Å². The first-order valence-electron chi connectivity index (χ1n) is 10.4. The Morgan fingerprint density at radius 1 is 0.704 bits per heavy atom. The summed E-state index contributed by atoms with van der Waals surface area (Å²) in [5.41, 5.74) is 6.09. The Kier molecular flexibility index (Phi) is 7.94. The van der Waals surface area contributed by atoms with Crippen molar-refractivity contribution in [1.29, 1.82) is 0 Å². The Bertz CT molecular complexity index is 831. The van der Waals surface area contributed by atoms with Gasteiger partial charge in [0.2, 0.25) is 0 Å². The standard InChI is InChI=1S/C24H32N2O/c1-2-3-4-5-6-7-8-11-17-25-26-27-24-16-12-15-22-18-20-13-9-10-14-21(20)19-23(22)24/h9-10,12-16,18-19,25-26H,2-8,11,17H2,1H3. The molecular formula is C24H32N2O. The van der Waals surface area contributed by atoms with Gasteiger partial charge in [-0.1, -0.05) is 93.9 Å². The van der Waals surface area contributed by atoms with Gasteiger partial charge in [0, 0.05) is 11.9 Å². The third kappa shape index (κ3) is 5.95. The van der Waals surface area contributed by atoms with Crippen molar-refractivity contribution in [2.24, 2.45) is 0 Å². The fourth-order valence-electron chi connectivity index (χ4n) is 3.52. The number of benzene rings is 3. The number of hydrogen-bond acceptors (Lipinski definition) is 3. The summed E-state index contributed by atoms with van der Waals surface area (Å²) in [5.74, 6) is 0.849. The molecule has 0 heterocycles. The first-order chi connectivity index (χ1) is 13.4. The molecule has 0 aromatic heterocycles. The summed E-state index contributed by atoms with van der Waals surface area (Å²) in [5, 5.41) is 4.80. The van der Waals surface area contributed by atoms with Crippen LogP contribution in [0.25, 0.3) is 21.5 Å². The van der Waals surface area contributed by atoms with Crippen molar-refractivity contribution >= 4 is 21.5 Å². The van der Waals surface area contributed by atoms with Crippen molar-refractivity contribution in [2.75, 3.05) is 6.54 Å². The van der Waals surface area contributed by atoms with Crippen LogP contribution in [0.4, 0.5) is 0 Å². The molecular weight excluding hydrogens is 332 g/mol. The van der Waals surface area contributed by atoms with Gasteiger partial charge in [-0.15, -0.1) is 0 Å². The van der Waals surface area contributed by atoms with E-state index in [0.717, 1.165) is 17.7 Å². The van der Waals surface area contributed by atoms with Gasteiger partial charge in [0.15, 0.2) is 5.75 Å². The van der Waals surface area contributed by atoms with Gasteiger partial charge in [0.1, 0.15) is 0 Å². The van der Waals surface area contributed by atoms with Gasteiger partial charge in [0.05, 0.1) is 0 Å². The van der Waals surface area contributed by atoms with Crippen LogP contribution in [-0.4, -0.2) is 6.54 Å². The van der Waals surface area contributed by atoms with Gasteiger partial charge < -0.3 is 4.84 Å². The Morgan fingerprint density at radius 3 is 2.15 bits per heavy atom. The van der Waals surface area contributed by atoms with E-state index >= 15 is 0 Å². The predicted molar refractivity (Wildman–Crippen MR) is 116 cm³/mol. The number of rotatable bonds is 12. The second-order valence-electron chi connectivity index (χ2n) is 7.28. The molecule has 0 aliphatic heterocycles. The molecule has 0 fully saturated rings. The average Bonchev–Trinajstić information content (AvgIpc) is 2.70. The molecule has 3 aromatic carbocycles. The lowest BCUT2D eigenvalue weighted by Crippen LogP contribution is -2.35. The van der Waals surface area contributed by atoms with Gasteiger partial charge >= 0.3 is 0 Å². The lowest BCUT2D eigenvalue weighted by Gasteiger charge is -2.11. The summed E-state index contributed by atoms with van der Waals surface area (Å²) in [6.45, 7) is 3.18. The largest absolute Gasteiger partial charge is 0.393 e. The third-order valence-electron chi connectivity index (χ3n) is 5.10. The average molecular weight is 365 g/mol. The van der Waals surface area contributed by atoms with Gasteiger partial charge in [-0.05, 0) is 40.8 Å². The molecule has 0 radical (unpaired) electrons. The highest BCUT2D eigenvalue weighted by atomic mass is 16.7. The molecule has 0 amide bonds. The molecule has 2 N–H and O–H groups in total. The van der Waals surface area contributed by atoms with Crippen LogP contribution in [0.15, 0.2) is 54.6 Å². The first kappa shape index (κ1) is 19.7. The van der Waals surface area contributed by atoms with E-state index < -0.39 is 0 Å². The van der Waals surface area contributed by atoms with Crippen LogP contribution >= 0.6 is 0 Å². The maximum atomic E-state index is 5.78. The van der Waals surface area contributed by atoms with Crippen molar-refractivity contribution in [3.8, 4) is 5.75 Å². The molecule has 0 aliphatic carbocycles. The maximum Gasteiger partial charge on any atom is 0.156 e. The molecule has 3 rings (SSSR count). The number of nitrogens with one attached hydrogen (secondary N) is 2. The highest BCUT2D eigenvalue weighted by Gasteiger charge is 2.04. The van der Waals surface area contributed by atoms with Crippen LogP contribution in [0, 0.1) is 0 Å². The number of unbranched alkanes of at least 4 members (excludes halogenated alkanes) is 7. The molecule has 0 bridgehead atoms. The van der Waals surface area contributed by atoms with Crippen LogP contribution in [0.2, 0.25) is 0 Å². The minimum absolute atomic E-state index is 0.849. The van der Waals surface area contributed by atoms with E-state index in [4.69, 9.17) is 4.84 Å². The van der Waals surface area contributed by atoms with Crippen molar-refractivity contribution in [3.05, 3.63) is 54.6 Å². The minimum atomic E-state index is 0.849. The summed E-state index contributed by atoms with van der Waals surface area (Å²) in [7, 11) is 0. The van der Waals surface area contributed by atoms with Crippen LogP contribution in [0.1, 0.15) is 58.3 Å². The Balaban J connectivity index is 1.41. The van der Waals surface area contributed by atoms with E-state index in [0.29, 0.717) is 0 Å². The fourth-order valence-corrected chi connectivity index (χ4v) is 3.52. The van der Waals surface area contributed by atoms with Crippen molar-refractivity contribution in [1.82, 2.24) is 11.0 Å². The molecule has 3 aromatic rings. The quantitative estimate of drug-likeness (QED) is 0.218. The SMILES string of the molecule is CCCCCCCCCCNNOc1cccc2cc3ccccc3cc12. The molecule has 0 aliphatic rings. The maximum absolute atomic E-state index is 5.78. The zero-order valence-electron chi connectivity index (χ0n) is 16.5. The lowest BCUT2D eigenvalue weighted by atomic mass is 10.0. The van der Waals surface area contributed by atoms with Gasteiger partial charge in [-0.25, -0.2) is 5.43 Å². The van der Waals surface area contributed by atoms with E-state index in [2.05, 4.69) is 60.4 Å². The number of hydrazine groups is 1. The van der Waals surface area contributed by atoms with E-state index in [1.165, 1.54) is 67.5 Å². The normalized spacial score (nSPS) is 11.3. The molecule has 3 heteroatoms. The van der Waals surface area contributed by atoms with E-state index in [-0.39, 0.29) is 0 Å². The fraction of sp³-hybridized carbons (Fsp3) is 0.417. The predicted octanol–water partition coefficient (Wildman–Crippen LogP) is 6.52. The molecule has 3 nitrogen and oxygen atoms in total. The number of hydrogen-bond donors (Lipinski definition) is 2. The second-order valence-corrected chi connectivity index (χ2v) is 7.28. The summed E-state index contributed by atoms with van der Waals surface area (Å²) in [6, 6.07) is 19.0. The lowest BCUT2D eigenvalue weighted by molar-refractivity contribution is 0.151. The summed E-state index contributed by atoms with van der Waals surface area (Å²) in [6.07, 6.45) is 10.6. The van der Waals surface area contributed by atoms with Crippen LogP contribution in [0.5, 0.6) is 5.75 Å². The Labute approximate surface area is 163 Å². The van der Waals surface area contributed by atoms with Crippen molar-refractivity contribution in [2.45, 2.75) is 58.3 Å². The highest BCUT2D eigenvalue weighted by molar-refractivity contribution is 6.00. The monoisotopic (exact) mass is 364 g/mol. The zero-order valence-corrected chi connectivity index (χ0v) is 16.5. The summed E-state index contributed by atoms with van der Waals surface area (Å²) < 4.78 is 0. The van der Waals surface area contributed by atoms with Crippen molar-refractivity contribution < 1.29 is 4.84 Å². The van der Waals surface area contributed by atoms with E-state index in [1.54, 1.807) is 0 Å². The third-order valence-corrected chi connectivity index (χ3v) is 5.10. The van der Waals surface area contributed by atoms with Crippen LogP contribution in [0.3, 0.4) is 0 Å². The first-order valence-corrected chi connectivity index (χ1v) is 10.4. The molecule has 0 spiro atoms. The molecule has 0 atom stereocenters. The minimum Gasteiger partial charge on any atom is -0.393 e. The van der Waals surface area contributed by atoms with E-state index in [1.807, 2.05) is 12.1 Å². The second kappa shape index (κ2) is 10.9. The van der Waals surface area contributed by atoms with Gasteiger partial charge in [0.25, 0.3) is 0 Å². The van der Waals surface area contributed by atoms with Crippen molar-refractivity contribution in [3.63, 3.8) is 0 Å². The highest BCUT2D eigenvalue weighted by Crippen LogP contribution is 2.29. The summed E-state index contributed by atoms with van der Waals surface area (Å²) in [4.78, 5) is 5.78. The van der Waals surface area contributed by atoms with E-state index in [9.17, 15) is 0 Å². The Morgan fingerprint density at radius 2 is 1.37 bits per heavy atom. The molecule has 0 saturated carbocycles. The number of fused-ring (bicyclic) bond motifs is 2. The van der Waals surface area contributed by atoms with Crippen LogP contribution in [-0.2, 0) is 0 Å².